The molecule has 0 amide bonds. The van der Waals surface area contributed by atoms with Crippen LogP contribution in [0.3, 0.4) is 0 Å². The summed E-state index contributed by atoms with van der Waals surface area (Å²) in [7, 11) is 0. The molecule has 4 heterocycles. The van der Waals surface area contributed by atoms with Gasteiger partial charge in [-0.2, -0.15) is 5.10 Å². The number of anilines is 2. The molecule has 3 aromatic heterocycles. The summed E-state index contributed by atoms with van der Waals surface area (Å²) >= 11 is 7.82. The van der Waals surface area contributed by atoms with Crippen molar-refractivity contribution < 1.29 is 0 Å². The van der Waals surface area contributed by atoms with Crippen molar-refractivity contribution in [3.8, 4) is 12.3 Å². The molecule has 1 saturated heterocycles. The number of hydrogen-bond acceptors (Lipinski definition) is 7. The van der Waals surface area contributed by atoms with Gasteiger partial charge in [0, 0.05) is 35.8 Å². The van der Waals surface area contributed by atoms with E-state index in [-0.39, 0.29) is 11.5 Å². The van der Waals surface area contributed by atoms with Gasteiger partial charge in [-0.05, 0) is 60.1 Å². The Kier molecular flexibility index (Phi) is 5.37. The molecule has 0 bridgehead atoms. The molecule has 35 heavy (non-hydrogen) atoms. The van der Waals surface area contributed by atoms with Crippen LogP contribution in [0.25, 0.3) is 5.52 Å². The van der Waals surface area contributed by atoms with E-state index in [1.807, 2.05) is 28.9 Å². The van der Waals surface area contributed by atoms with Gasteiger partial charge in [0.1, 0.15) is 16.4 Å². The van der Waals surface area contributed by atoms with Crippen LogP contribution in [0.15, 0.2) is 58.8 Å². The van der Waals surface area contributed by atoms with Gasteiger partial charge in [-0.15, -0.1) is 6.42 Å². The number of piperidine rings is 1. The lowest BCUT2D eigenvalue weighted by atomic mass is 9.73. The smallest absolute Gasteiger partial charge is 0.154 e. The number of hydrogen-bond donors (Lipinski definition) is 2. The lowest BCUT2D eigenvalue weighted by Gasteiger charge is -2.42. The minimum absolute atomic E-state index is 0.00668. The van der Waals surface area contributed by atoms with E-state index in [0.717, 1.165) is 59.2 Å². The van der Waals surface area contributed by atoms with Crippen molar-refractivity contribution in [2.75, 3.05) is 23.7 Å². The van der Waals surface area contributed by atoms with Crippen LogP contribution in [-0.4, -0.2) is 32.7 Å². The zero-order valence-electron chi connectivity index (χ0n) is 19.0. The molecule has 6 rings (SSSR count). The average molecular weight is 502 g/mol. The SMILES string of the molecule is C#Cc1ccc2c(c1)[C@@H](N)C1(CCN(c3ncc(Sc4ccnc(N)c4Cl)n4nccc34)CC1)C2. The highest BCUT2D eigenvalue weighted by Crippen LogP contribution is 2.51. The number of rotatable bonds is 3. The standard InChI is InChI=1S/C26H24ClN7S/c1-2-16-3-4-17-14-26(23(28)18(17)13-16)7-11-33(12-8-26)25-19-5-10-32-34(19)21(15-31-25)35-20-6-9-30-24(29)22(20)27/h1,3-6,9-10,13,15,23H,7-8,11-12,14,28H2,(H2,29,30)/t23-/m1/s1. The summed E-state index contributed by atoms with van der Waals surface area (Å²) in [6.45, 7) is 1.77. The molecule has 9 heteroatoms. The number of aromatic nitrogens is 4. The summed E-state index contributed by atoms with van der Waals surface area (Å²) in [5.41, 5.74) is 17.1. The Balaban J connectivity index is 1.24. The van der Waals surface area contributed by atoms with Crippen molar-refractivity contribution in [2.45, 2.75) is 35.2 Å². The maximum Gasteiger partial charge on any atom is 0.154 e. The number of nitrogens with two attached hydrogens (primary N) is 2. The van der Waals surface area contributed by atoms with Crippen molar-refractivity contribution >= 4 is 40.5 Å². The normalized spacial score (nSPS) is 18.7. The van der Waals surface area contributed by atoms with E-state index in [4.69, 9.17) is 34.5 Å². The Labute approximate surface area is 212 Å². The molecule has 2 aliphatic rings. The number of nitrogens with zero attached hydrogens (tertiary/aromatic N) is 5. The first-order valence-corrected chi connectivity index (χ1v) is 12.7. The Morgan fingerprint density at radius 1 is 1.14 bits per heavy atom. The van der Waals surface area contributed by atoms with E-state index < -0.39 is 0 Å². The van der Waals surface area contributed by atoms with Crippen LogP contribution in [-0.2, 0) is 6.42 Å². The van der Waals surface area contributed by atoms with Gasteiger partial charge in [0.15, 0.2) is 5.82 Å². The molecule has 4 N–H and O–H groups in total. The van der Waals surface area contributed by atoms with Gasteiger partial charge in [0.2, 0.25) is 0 Å². The monoisotopic (exact) mass is 501 g/mol. The van der Waals surface area contributed by atoms with E-state index in [0.29, 0.717) is 10.8 Å². The number of nitrogen functional groups attached to an aromatic ring is 1. The highest BCUT2D eigenvalue weighted by atomic mass is 35.5. The largest absolute Gasteiger partial charge is 0.382 e. The van der Waals surface area contributed by atoms with E-state index in [1.54, 1.807) is 12.4 Å². The van der Waals surface area contributed by atoms with Gasteiger partial charge >= 0.3 is 0 Å². The molecule has 176 valence electrons. The molecule has 1 spiro atoms. The first-order valence-electron chi connectivity index (χ1n) is 11.5. The van der Waals surface area contributed by atoms with E-state index in [1.165, 1.54) is 22.9 Å². The summed E-state index contributed by atoms with van der Waals surface area (Å²) in [6.07, 6.45) is 13.9. The fourth-order valence-corrected chi connectivity index (χ4v) is 6.55. The number of terminal acetylenes is 1. The van der Waals surface area contributed by atoms with Gasteiger partial charge in [0.25, 0.3) is 0 Å². The van der Waals surface area contributed by atoms with Crippen molar-refractivity contribution in [2.24, 2.45) is 11.1 Å². The summed E-state index contributed by atoms with van der Waals surface area (Å²) in [6, 6.07) is 10.1. The maximum atomic E-state index is 6.81. The van der Waals surface area contributed by atoms with E-state index in [9.17, 15) is 0 Å². The summed E-state index contributed by atoms with van der Waals surface area (Å²) in [5.74, 6) is 3.98. The third-order valence-corrected chi connectivity index (χ3v) is 8.94. The first kappa shape index (κ1) is 22.2. The van der Waals surface area contributed by atoms with E-state index in [2.05, 4.69) is 33.0 Å². The highest BCUT2D eigenvalue weighted by Gasteiger charge is 2.46. The number of benzene rings is 1. The summed E-state index contributed by atoms with van der Waals surface area (Å²) in [5, 5.41) is 5.84. The maximum absolute atomic E-state index is 6.81. The Bertz CT molecular complexity index is 1480. The van der Waals surface area contributed by atoms with Crippen LogP contribution in [0, 0.1) is 17.8 Å². The predicted octanol–water partition coefficient (Wildman–Crippen LogP) is 4.34. The summed E-state index contributed by atoms with van der Waals surface area (Å²) < 4.78 is 1.91. The fraction of sp³-hybridized carbons (Fsp3) is 0.269. The van der Waals surface area contributed by atoms with Gasteiger partial charge in [-0.3, -0.25) is 0 Å². The molecule has 1 aliphatic heterocycles. The second kappa shape index (κ2) is 8.45. The second-order valence-electron chi connectivity index (χ2n) is 9.22. The predicted molar refractivity (Wildman–Crippen MR) is 140 cm³/mol. The molecule has 0 unspecified atom stereocenters. The second-order valence-corrected chi connectivity index (χ2v) is 10.7. The first-order chi connectivity index (χ1) is 17.0. The van der Waals surface area contributed by atoms with Crippen LogP contribution in [0.2, 0.25) is 5.02 Å². The fourth-order valence-electron chi connectivity index (χ4n) is 5.44. The minimum atomic E-state index is 0.00668. The van der Waals surface area contributed by atoms with Crippen molar-refractivity contribution in [3.05, 3.63) is 70.6 Å². The van der Waals surface area contributed by atoms with Crippen LogP contribution in [0.1, 0.15) is 35.6 Å². The van der Waals surface area contributed by atoms with Gasteiger partial charge in [0.05, 0.1) is 17.4 Å². The van der Waals surface area contributed by atoms with Crippen LogP contribution < -0.4 is 16.4 Å². The third-order valence-electron chi connectivity index (χ3n) is 7.38. The van der Waals surface area contributed by atoms with Gasteiger partial charge in [-0.25, -0.2) is 14.5 Å². The lowest BCUT2D eigenvalue weighted by molar-refractivity contribution is 0.187. The molecule has 7 nitrogen and oxygen atoms in total. The molecule has 1 atom stereocenters. The third kappa shape index (κ3) is 3.62. The zero-order valence-corrected chi connectivity index (χ0v) is 20.6. The zero-order chi connectivity index (χ0) is 24.2. The topological polar surface area (TPSA) is 98.4 Å². The van der Waals surface area contributed by atoms with Crippen LogP contribution in [0.5, 0.6) is 0 Å². The summed E-state index contributed by atoms with van der Waals surface area (Å²) in [4.78, 5) is 12.0. The van der Waals surface area contributed by atoms with Crippen molar-refractivity contribution in [1.29, 1.82) is 0 Å². The Morgan fingerprint density at radius 2 is 1.97 bits per heavy atom. The molecular weight excluding hydrogens is 478 g/mol. The molecule has 1 fully saturated rings. The quantitative estimate of drug-likeness (QED) is 0.403. The van der Waals surface area contributed by atoms with Crippen LogP contribution >= 0.6 is 23.4 Å². The Hall–Kier alpha value is -3.25. The molecule has 1 aliphatic carbocycles. The van der Waals surface area contributed by atoms with Gasteiger partial charge in [-0.1, -0.05) is 35.3 Å². The number of fused-ring (bicyclic) bond motifs is 2. The Morgan fingerprint density at radius 3 is 2.77 bits per heavy atom. The molecular formula is C26H24ClN7S. The minimum Gasteiger partial charge on any atom is -0.382 e. The van der Waals surface area contributed by atoms with Crippen molar-refractivity contribution in [3.63, 3.8) is 0 Å². The number of halogens is 1. The molecule has 0 radical (unpaired) electrons. The average Bonchev–Trinajstić information content (AvgIpc) is 3.47. The van der Waals surface area contributed by atoms with E-state index >= 15 is 0 Å². The highest BCUT2D eigenvalue weighted by molar-refractivity contribution is 7.99. The van der Waals surface area contributed by atoms with Gasteiger partial charge < -0.3 is 16.4 Å². The van der Waals surface area contributed by atoms with Crippen molar-refractivity contribution in [1.82, 2.24) is 19.6 Å². The lowest BCUT2D eigenvalue weighted by Crippen LogP contribution is -2.44. The number of pyridine rings is 1. The molecule has 1 aromatic carbocycles. The molecule has 0 saturated carbocycles. The van der Waals surface area contributed by atoms with Crippen LogP contribution in [0.4, 0.5) is 11.6 Å². The molecule has 4 aromatic rings.